The van der Waals surface area contributed by atoms with Gasteiger partial charge in [0.15, 0.2) is 11.4 Å². The average molecular weight is 474 g/mol. The third kappa shape index (κ3) is 2.83. The number of primary amides is 1. The van der Waals surface area contributed by atoms with Gasteiger partial charge in [0.2, 0.25) is 0 Å². The molecule has 0 bridgehead atoms. The number of amides is 1. The van der Waals surface area contributed by atoms with Gasteiger partial charge in [-0.15, -0.1) is 0 Å². The predicted molar refractivity (Wildman–Crippen MR) is 115 cm³/mol. The molecule has 0 spiro atoms. The van der Waals surface area contributed by atoms with Gasteiger partial charge in [0.05, 0.1) is 17.2 Å². The van der Waals surface area contributed by atoms with E-state index in [0.717, 1.165) is 6.07 Å². The van der Waals surface area contributed by atoms with E-state index in [0.29, 0.717) is 0 Å². The Morgan fingerprint density at radius 2 is 1.88 bits per heavy atom. The molecule has 0 aromatic heterocycles. The molecule has 11 heteroatoms. The van der Waals surface area contributed by atoms with Gasteiger partial charge < -0.3 is 31.3 Å². The summed E-state index contributed by atoms with van der Waals surface area (Å²) in [6, 6.07) is -0.130. The van der Waals surface area contributed by atoms with Crippen LogP contribution in [0.3, 0.4) is 0 Å². The number of fused-ring (bicyclic) bond motifs is 3. The lowest BCUT2D eigenvalue weighted by atomic mass is 9.56. The Labute approximate surface area is 192 Å². The topological polar surface area (TPSA) is 182 Å². The fourth-order valence-corrected chi connectivity index (χ4v) is 5.64. The summed E-state index contributed by atoms with van der Waals surface area (Å²) in [7, 11) is 3.14. The van der Waals surface area contributed by atoms with Crippen LogP contribution in [0.5, 0.6) is 5.75 Å². The second-order valence-electron chi connectivity index (χ2n) is 9.03. The number of rotatable bonds is 3. The van der Waals surface area contributed by atoms with E-state index in [1.54, 1.807) is 14.1 Å². The van der Waals surface area contributed by atoms with Crippen LogP contribution in [0, 0.1) is 17.7 Å². The van der Waals surface area contributed by atoms with Crippen LogP contribution in [0.15, 0.2) is 35.1 Å². The van der Waals surface area contributed by atoms with Crippen LogP contribution in [-0.4, -0.2) is 73.8 Å². The van der Waals surface area contributed by atoms with Gasteiger partial charge in [0.25, 0.3) is 5.91 Å². The molecule has 10 nitrogen and oxygen atoms in total. The maximum Gasteiger partial charge on any atom is 0.342 e. The Morgan fingerprint density at radius 1 is 1.26 bits per heavy atom. The molecule has 180 valence electrons. The van der Waals surface area contributed by atoms with Gasteiger partial charge in [-0.05, 0) is 44.5 Å². The number of aliphatic hydroxyl groups is 3. The Bertz CT molecular complexity index is 1260. The van der Waals surface area contributed by atoms with Crippen molar-refractivity contribution in [1.29, 1.82) is 0 Å². The molecule has 1 amide bonds. The minimum atomic E-state index is -2.44. The van der Waals surface area contributed by atoms with Crippen molar-refractivity contribution < 1.29 is 44.3 Å². The monoisotopic (exact) mass is 474 g/mol. The van der Waals surface area contributed by atoms with Gasteiger partial charge in [0.1, 0.15) is 28.6 Å². The number of nitrogens with two attached hydrogens (primary N) is 1. The van der Waals surface area contributed by atoms with Crippen molar-refractivity contribution in [3.05, 3.63) is 57.6 Å². The van der Waals surface area contributed by atoms with E-state index in [1.807, 2.05) is 0 Å². The molecule has 1 saturated carbocycles. The average Bonchev–Trinajstić information content (AvgIpc) is 2.69. The van der Waals surface area contributed by atoms with Crippen molar-refractivity contribution in [3.8, 4) is 5.75 Å². The third-order valence-corrected chi connectivity index (χ3v) is 7.06. The molecular formula is C23H23FN2O8. The van der Waals surface area contributed by atoms with Gasteiger partial charge >= 0.3 is 5.97 Å². The summed E-state index contributed by atoms with van der Waals surface area (Å²) in [5.41, 5.74) is 0.316. The molecule has 4 rings (SSSR count). The van der Waals surface area contributed by atoms with Gasteiger partial charge in [0, 0.05) is 17.1 Å². The number of likely N-dealkylation sites (N-methyl/N-ethyl adjacent to an activating group) is 1. The van der Waals surface area contributed by atoms with E-state index in [-0.39, 0.29) is 24.0 Å². The number of aliphatic hydroxyl groups excluding tert-OH is 2. The Hall–Kier alpha value is -3.70. The lowest BCUT2D eigenvalue weighted by molar-refractivity contribution is -0.143. The first-order chi connectivity index (χ1) is 15.7. The first-order valence-corrected chi connectivity index (χ1v) is 10.3. The van der Waals surface area contributed by atoms with Crippen LogP contribution in [0.2, 0.25) is 0 Å². The highest BCUT2D eigenvalue weighted by Crippen LogP contribution is 2.54. The first kappa shape index (κ1) is 23.5. The molecule has 0 saturated heterocycles. The molecule has 1 fully saturated rings. The molecule has 0 radical (unpaired) electrons. The smallest absolute Gasteiger partial charge is 0.342 e. The highest BCUT2D eigenvalue weighted by atomic mass is 19.1. The number of carbonyl (C=O) groups is 3. The van der Waals surface area contributed by atoms with Crippen LogP contribution in [-0.2, 0) is 16.0 Å². The fraction of sp³-hybridized carbons (Fsp3) is 0.348. The largest absolute Gasteiger partial charge is 0.510 e. The first-order valence-electron chi connectivity index (χ1n) is 10.3. The number of halogens is 1. The molecule has 3 aliphatic rings. The SMILES string of the molecule is C=C1C(C(N)=O)=C(O)[C@@H](N(C)C)[C@@H]2C[C@@H]3Cc4cc(F)c(C(=O)O)c(O)c4C(O)=C3C(=O)[C@]12O. The molecule has 34 heavy (non-hydrogen) atoms. The Balaban J connectivity index is 1.97. The second kappa shape index (κ2) is 7.40. The van der Waals surface area contributed by atoms with Crippen LogP contribution < -0.4 is 5.73 Å². The van der Waals surface area contributed by atoms with Gasteiger partial charge in [-0.3, -0.25) is 14.5 Å². The molecule has 0 unspecified atom stereocenters. The van der Waals surface area contributed by atoms with Gasteiger partial charge in [-0.1, -0.05) is 6.58 Å². The number of carboxylic acid groups (broad SMARTS) is 1. The molecule has 3 aliphatic carbocycles. The summed E-state index contributed by atoms with van der Waals surface area (Å²) >= 11 is 0. The number of nitrogens with zero attached hydrogens (tertiary/aromatic N) is 1. The molecule has 0 heterocycles. The zero-order valence-electron chi connectivity index (χ0n) is 18.3. The summed E-state index contributed by atoms with van der Waals surface area (Å²) < 4.78 is 14.4. The van der Waals surface area contributed by atoms with E-state index in [1.165, 1.54) is 4.90 Å². The van der Waals surface area contributed by atoms with Gasteiger partial charge in [-0.25, -0.2) is 9.18 Å². The highest BCUT2D eigenvalue weighted by Gasteiger charge is 2.62. The van der Waals surface area contributed by atoms with E-state index < -0.39 is 86.5 Å². The molecule has 0 aliphatic heterocycles. The number of benzene rings is 1. The normalized spacial score (nSPS) is 28.6. The quantitative estimate of drug-likeness (QED) is 0.369. The van der Waals surface area contributed by atoms with E-state index >= 15 is 0 Å². The standard InChI is InChI=1S/C23H23FN2O8/c1-7-12(21(25)31)19(29)16(26(2)3)10-5-8-4-9-6-11(24)15(22(32)33)18(28)13(9)17(27)14(8)20(30)23(7,10)34/h6,8,10,16,27-29,34H,1,4-5H2,2-3H3,(H2,25,31)(H,32,33)/t8-,10-,16-,23-/m0/s1. The minimum Gasteiger partial charge on any atom is -0.510 e. The van der Waals surface area contributed by atoms with Crippen molar-refractivity contribution in [2.24, 2.45) is 17.6 Å². The molecule has 4 atom stereocenters. The number of hydrogen-bond acceptors (Lipinski definition) is 8. The van der Waals surface area contributed by atoms with Crippen molar-refractivity contribution in [1.82, 2.24) is 4.90 Å². The van der Waals surface area contributed by atoms with Crippen molar-refractivity contribution >= 4 is 23.4 Å². The van der Waals surface area contributed by atoms with Crippen LogP contribution in [0.1, 0.15) is 27.9 Å². The molecule has 1 aromatic rings. The van der Waals surface area contributed by atoms with Crippen LogP contribution in [0.4, 0.5) is 4.39 Å². The number of carbonyl (C=O) groups excluding carboxylic acids is 2. The summed E-state index contributed by atoms with van der Waals surface area (Å²) in [5.74, 6) is -9.18. The van der Waals surface area contributed by atoms with Crippen LogP contribution in [0.25, 0.3) is 5.76 Å². The van der Waals surface area contributed by atoms with E-state index in [2.05, 4.69) is 6.58 Å². The number of Topliss-reactive ketones (excluding diaryl/α,β-unsaturated/α-hetero) is 1. The predicted octanol–water partition coefficient (Wildman–Crippen LogP) is 0.788. The summed E-state index contributed by atoms with van der Waals surface area (Å²) in [4.78, 5) is 38.7. The highest BCUT2D eigenvalue weighted by molar-refractivity contribution is 6.14. The number of phenols is 1. The summed E-state index contributed by atoms with van der Waals surface area (Å²) in [5, 5.41) is 53.1. The Morgan fingerprint density at radius 3 is 2.41 bits per heavy atom. The number of aromatic carboxylic acids is 1. The lowest BCUT2D eigenvalue weighted by Crippen LogP contribution is -2.63. The van der Waals surface area contributed by atoms with Crippen molar-refractivity contribution in [2.45, 2.75) is 24.5 Å². The zero-order valence-corrected chi connectivity index (χ0v) is 18.3. The maximum absolute atomic E-state index is 14.4. The number of ketones is 1. The summed E-state index contributed by atoms with van der Waals surface area (Å²) in [6.45, 7) is 3.65. The van der Waals surface area contributed by atoms with Crippen LogP contribution >= 0.6 is 0 Å². The maximum atomic E-state index is 14.4. The van der Waals surface area contributed by atoms with E-state index in [9.17, 15) is 44.3 Å². The van der Waals surface area contributed by atoms with E-state index in [4.69, 9.17) is 5.73 Å². The van der Waals surface area contributed by atoms with Gasteiger partial charge in [-0.2, -0.15) is 0 Å². The number of carboxylic acids is 1. The lowest BCUT2D eigenvalue weighted by Gasteiger charge is -2.52. The molecular weight excluding hydrogens is 451 g/mol. The third-order valence-electron chi connectivity index (χ3n) is 7.06. The Kier molecular flexibility index (Phi) is 5.11. The number of aromatic hydroxyl groups is 1. The van der Waals surface area contributed by atoms with Crippen molar-refractivity contribution in [3.63, 3.8) is 0 Å². The minimum absolute atomic E-state index is 0.00209. The second-order valence-corrected chi connectivity index (χ2v) is 9.03. The zero-order chi connectivity index (χ0) is 25.4. The molecule has 7 N–H and O–H groups in total. The molecule has 1 aromatic carbocycles. The summed E-state index contributed by atoms with van der Waals surface area (Å²) in [6.07, 6.45) is -0.0562. The van der Waals surface area contributed by atoms with Crippen molar-refractivity contribution in [2.75, 3.05) is 14.1 Å². The fourth-order valence-electron chi connectivity index (χ4n) is 5.64. The number of hydrogen-bond donors (Lipinski definition) is 6.